The Bertz CT molecular complexity index is 480. The Morgan fingerprint density at radius 2 is 2.44 bits per heavy atom. The van der Waals surface area contributed by atoms with E-state index >= 15 is 0 Å². The van der Waals surface area contributed by atoms with E-state index in [1.165, 1.54) is 19.4 Å². The van der Waals surface area contributed by atoms with Gasteiger partial charge < -0.3 is 20.3 Å². The number of aliphatic hydroxyl groups excluding tert-OH is 1. The summed E-state index contributed by atoms with van der Waals surface area (Å²) in [5, 5.41) is 9.07. The first-order valence-electron chi connectivity index (χ1n) is 5.36. The Labute approximate surface area is 102 Å². The van der Waals surface area contributed by atoms with E-state index < -0.39 is 36.9 Å². The first kappa shape index (κ1) is 12.9. The van der Waals surface area contributed by atoms with E-state index in [1.807, 2.05) is 0 Å². The van der Waals surface area contributed by atoms with Crippen molar-refractivity contribution in [2.45, 2.75) is 24.6 Å². The number of nitrogens with two attached hydrogens (primary N) is 1. The lowest BCUT2D eigenvalue weighted by molar-refractivity contribution is -0.0544. The summed E-state index contributed by atoms with van der Waals surface area (Å²) in [6.45, 7) is -0.396. The second kappa shape index (κ2) is 5.01. The third kappa shape index (κ3) is 2.09. The van der Waals surface area contributed by atoms with Crippen molar-refractivity contribution in [3.05, 3.63) is 22.7 Å². The molecular weight excluding hydrogens is 245 g/mol. The summed E-state index contributed by atoms with van der Waals surface area (Å²) >= 11 is 0. The molecule has 0 aromatic carbocycles. The third-order valence-corrected chi connectivity index (χ3v) is 2.84. The molecule has 1 aromatic rings. The number of rotatable bonds is 3. The molecular formula is C10H14FN3O4. The normalized spacial score (nSPS) is 31.7. The molecule has 1 saturated heterocycles. The Hall–Kier alpha value is -1.51. The number of hydrogen-bond acceptors (Lipinski definition) is 6. The van der Waals surface area contributed by atoms with Crippen LogP contribution in [0.5, 0.6) is 0 Å². The van der Waals surface area contributed by atoms with Crippen molar-refractivity contribution in [3.8, 4) is 0 Å². The number of halogens is 1. The van der Waals surface area contributed by atoms with Crippen LogP contribution in [0, 0.1) is 0 Å². The van der Waals surface area contributed by atoms with E-state index in [4.69, 9.17) is 20.3 Å². The summed E-state index contributed by atoms with van der Waals surface area (Å²) in [7, 11) is 1.32. The predicted molar refractivity (Wildman–Crippen MR) is 59.6 cm³/mol. The van der Waals surface area contributed by atoms with Gasteiger partial charge in [-0.2, -0.15) is 4.98 Å². The number of anilines is 1. The fourth-order valence-corrected chi connectivity index (χ4v) is 1.97. The highest BCUT2D eigenvalue weighted by molar-refractivity contribution is 5.23. The third-order valence-electron chi connectivity index (χ3n) is 2.84. The van der Waals surface area contributed by atoms with Crippen LogP contribution < -0.4 is 11.4 Å². The number of ether oxygens (including phenoxy) is 2. The van der Waals surface area contributed by atoms with Gasteiger partial charge >= 0.3 is 5.69 Å². The van der Waals surface area contributed by atoms with Crippen molar-refractivity contribution in [1.29, 1.82) is 0 Å². The zero-order chi connectivity index (χ0) is 13.3. The van der Waals surface area contributed by atoms with E-state index in [0.717, 1.165) is 4.57 Å². The molecule has 7 nitrogen and oxygen atoms in total. The van der Waals surface area contributed by atoms with E-state index in [0.29, 0.717) is 0 Å². The number of aromatic nitrogens is 2. The maximum absolute atomic E-state index is 14.1. The van der Waals surface area contributed by atoms with Gasteiger partial charge in [0, 0.05) is 13.3 Å². The van der Waals surface area contributed by atoms with Crippen LogP contribution >= 0.6 is 0 Å². The van der Waals surface area contributed by atoms with Crippen molar-refractivity contribution in [1.82, 2.24) is 9.55 Å². The highest BCUT2D eigenvalue weighted by Gasteiger charge is 2.46. The number of nitrogen functional groups attached to an aromatic ring is 1. The van der Waals surface area contributed by atoms with E-state index in [2.05, 4.69) is 4.98 Å². The lowest BCUT2D eigenvalue weighted by atomic mass is 10.1. The smallest absolute Gasteiger partial charge is 0.351 e. The van der Waals surface area contributed by atoms with Gasteiger partial charge in [0.15, 0.2) is 12.4 Å². The molecule has 0 radical (unpaired) electrons. The lowest BCUT2D eigenvalue weighted by Gasteiger charge is -2.16. The van der Waals surface area contributed by atoms with Gasteiger partial charge in [-0.3, -0.25) is 4.57 Å². The standard InChI is InChI=1S/C10H14FN3O4/c1-17-8-5(4-15)18-9(7(8)11)14-3-2-6(12)13-10(14)16/h2-3,5,7-9,15H,4H2,1H3,(H2,12,13,16)/t5-,7+,8-,9?/m1/s1. The van der Waals surface area contributed by atoms with Crippen LogP contribution in [0.15, 0.2) is 17.1 Å². The molecule has 1 unspecified atom stereocenters. The molecule has 2 heterocycles. The number of hydrogen-bond donors (Lipinski definition) is 2. The van der Waals surface area contributed by atoms with Crippen LogP contribution in [0.2, 0.25) is 0 Å². The predicted octanol–water partition coefficient (Wildman–Crippen LogP) is -0.932. The first-order valence-corrected chi connectivity index (χ1v) is 5.36. The van der Waals surface area contributed by atoms with Crippen molar-refractivity contribution in [3.63, 3.8) is 0 Å². The van der Waals surface area contributed by atoms with Crippen LogP contribution in [0.25, 0.3) is 0 Å². The van der Waals surface area contributed by atoms with Gasteiger partial charge in [0.1, 0.15) is 18.0 Å². The minimum Gasteiger partial charge on any atom is -0.394 e. The van der Waals surface area contributed by atoms with Crippen LogP contribution in [0.3, 0.4) is 0 Å². The van der Waals surface area contributed by atoms with E-state index in [1.54, 1.807) is 0 Å². The van der Waals surface area contributed by atoms with Gasteiger partial charge in [-0.15, -0.1) is 0 Å². The van der Waals surface area contributed by atoms with Crippen LogP contribution in [-0.4, -0.2) is 46.8 Å². The number of nitrogens with zero attached hydrogens (tertiary/aromatic N) is 2. The molecule has 100 valence electrons. The summed E-state index contributed by atoms with van der Waals surface area (Å²) in [6, 6.07) is 1.37. The number of methoxy groups -OCH3 is 1. The van der Waals surface area contributed by atoms with Crippen LogP contribution in [-0.2, 0) is 9.47 Å². The molecule has 18 heavy (non-hydrogen) atoms. The SMILES string of the molecule is CO[C@H]1[C@H](F)C(n2ccc(N)nc2=O)O[C@@H]1CO. The van der Waals surface area contributed by atoms with Crippen molar-refractivity contribution < 1.29 is 19.0 Å². The Balaban J connectivity index is 2.32. The molecule has 0 amide bonds. The second-order valence-corrected chi connectivity index (χ2v) is 3.93. The summed E-state index contributed by atoms with van der Waals surface area (Å²) in [4.78, 5) is 15.1. The average molecular weight is 259 g/mol. The largest absolute Gasteiger partial charge is 0.394 e. The number of alkyl halides is 1. The summed E-state index contributed by atoms with van der Waals surface area (Å²) in [5.74, 6) is 0.0478. The Morgan fingerprint density at radius 1 is 1.72 bits per heavy atom. The molecule has 0 aliphatic carbocycles. The monoisotopic (exact) mass is 259 g/mol. The summed E-state index contributed by atoms with van der Waals surface area (Å²) < 4.78 is 25.3. The minimum atomic E-state index is -1.57. The quantitative estimate of drug-likeness (QED) is 0.727. The fraction of sp³-hybridized carbons (Fsp3) is 0.600. The van der Waals surface area contributed by atoms with Gasteiger partial charge in [0.25, 0.3) is 0 Å². The molecule has 2 rings (SSSR count). The molecule has 1 aromatic heterocycles. The molecule has 1 fully saturated rings. The molecule has 1 aliphatic rings. The summed E-state index contributed by atoms with van der Waals surface area (Å²) in [6.07, 6.45) is -3.19. The second-order valence-electron chi connectivity index (χ2n) is 3.93. The zero-order valence-corrected chi connectivity index (χ0v) is 9.69. The molecule has 0 bridgehead atoms. The molecule has 3 N–H and O–H groups in total. The highest BCUT2D eigenvalue weighted by Crippen LogP contribution is 2.32. The Morgan fingerprint density at radius 3 is 2.94 bits per heavy atom. The topological polar surface area (TPSA) is 99.6 Å². The molecule has 0 spiro atoms. The fourth-order valence-electron chi connectivity index (χ4n) is 1.97. The van der Waals surface area contributed by atoms with Crippen molar-refractivity contribution >= 4 is 5.82 Å². The minimum absolute atomic E-state index is 0.0478. The van der Waals surface area contributed by atoms with Gasteiger partial charge in [-0.05, 0) is 6.07 Å². The van der Waals surface area contributed by atoms with Crippen LogP contribution in [0.1, 0.15) is 6.23 Å². The van der Waals surface area contributed by atoms with Crippen molar-refractivity contribution in [2.75, 3.05) is 19.5 Å². The molecule has 8 heteroatoms. The van der Waals surface area contributed by atoms with Gasteiger partial charge in [0.2, 0.25) is 0 Å². The molecule has 0 saturated carbocycles. The zero-order valence-electron chi connectivity index (χ0n) is 9.69. The van der Waals surface area contributed by atoms with E-state index in [-0.39, 0.29) is 5.82 Å². The summed E-state index contributed by atoms with van der Waals surface area (Å²) in [5.41, 5.74) is 4.63. The lowest BCUT2D eigenvalue weighted by Crippen LogP contribution is -2.34. The average Bonchev–Trinajstić information content (AvgIpc) is 2.66. The first-order chi connectivity index (χ1) is 8.58. The maximum atomic E-state index is 14.1. The Kier molecular flexibility index (Phi) is 3.60. The molecule has 4 atom stereocenters. The number of aliphatic hydroxyl groups is 1. The molecule has 1 aliphatic heterocycles. The van der Waals surface area contributed by atoms with Gasteiger partial charge in [-0.1, -0.05) is 0 Å². The van der Waals surface area contributed by atoms with Crippen LogP contribution in [0.4, 0.5) is 10.2 Å². The van der Waals surface area contributed by atoms with Gasteiger partial charge in [-0.25, -0.2) is 9.18 Å². The van der Waals surface area contributed by atoms with Gasteiger partial charge in [0.05, 0.1) is 6.61 Å². The van der Waals surface area contributed by atoms with Crippen molar-refractivity contribution in [2.24, 2.45) is 0 Å². The van der Waals surface area contributed by atoms with E-state index in [9.17, 15) is 9.18 Å². The highest BCUT2D eigenvalue weighted by atomic mass is 19.1. The maximum Gasteiger partial charge on any atom is 0.351 e.